The number of aromatic nitrogens is 2. The van der Waals surface area contributed by atoms with Gasteiger partial charge in [0.1, 0.15) is 5.75 Å². The Morgan fingerprint density at radius 3 is 2.47 bits per heavy atom. The monoisotopic (exact) mass is 398 g/mol. The summed E-state index contributed by atoms with van der Waals surface area (Å²) in [4.78, 5) is 12.4. The number of nitrogens with one attached hydrogen (secondary N) is 2. The van der Waals surface area contributed by atoms with E-state index in [1.54, 1.807) is 30.3 Å². The van der Waals surface area contributed by atoms with E-state index >= 15 is 0 Å². The maximum atomic E-state index is 12.4. The van der Waals surface area contributed by atoms with Crippen LogP contribution in [0.15, 0.2) is 78.9 Å². The molecule has 1 amide bonds. The Hall–Kier alpha value is -4.06. The van der Waals surface area contributed by atoms with Gasteiger partial charge in [-0.05, 0) is 60.0 Å². The molecule has 0 aliphatic heterocycles. The van der Waals surface area contributed by atoms with E-state index in [4.69, 9.17) is 5.73 Å². The summed E-state index contributed by atoms with van der Waals surface area (Å²) in [6.07, 6.45) is 0.746. The number of hydrogen-bond acceptors (Lipinski definition) is 4. The normalized spacial score (nSPS) is 10.7. The SMILES string of the molecule is Nc1ccc(CCNC(=O)c2ccc(-c3cc(-c4cccc(O)c4)n[nH]3)cc2)cc1. The summed E-state index contributed by atoms with van der Waals surface area (Å²) < 4.78 is 0. The molecule has 30 heavy (non-hydrogen) atoms. The zero-order valence-corrected chi connectivity index (χ0v) is 16.3. The second-order valence-corrected chi connectivity index (χ2v) is 7.04. The summed E-state index contributed by atoms with van der Waals surface area (Å²) in [5.41, 5.74) is 11.5. The van der Waals surface area contributed by atoms with Gasteiger partial charge in [-0.1, -0.05) is 36.4 Å². The molecule has 4 aromatic rings. The van der Waals surface area contributed by atoms with Gasteiger partial charge in [-0.3, -0.25) is 9.89 Å². The predicted octanol–water partition coefficient (Wildman–Crippen LogP) is 4.00. The van der Waals surface area contributed by atoms with Crippen LogP contribution < -0.4 is 11.1 Å². The lowest BCUT2D eigenvalue weighted by atomic mass is 10.1. The Labute approximate surface area is 174 Å². The van der Waals surface area contributed by atoms with Crippen molar-refractivity contribution < 1.29 is 9.90 Å². The molecule has 1 heterocycles. The molecule has 3 aromatic carbocycles. The van der Waals surface area contributed by atoms with Gasteiger partial charge in [-0.15, -0.1) is 0 Å². The molecule has 1 aromatic heterocycles. The van der Waals surface area contributed by atoms with E-state index in [0.29, 0.717) is 12.1 Å². The van der Waals surface area contributed by atoms with Gasteiger partial charge in [0.2, 0.25) is 0 Å². The largest absolute Gasteiger partial charge is 0.508 e. The van der Waals surface area contributed by atoms with Gasteiger partial charge < -0.3 is 16.2 Å². The van der Waals surface area contributed by atoms with E-state index in [0.717, 1.165) is 40.2 Å². The smallest absolute Gasteiger partial charge is 0.251 e. The Kier molecular flexibility index (Phi) is 5.48. The third-order valence-electron chi connectivity index (χ3n) is 4.86. The van der Waals surface area contributed by atoms with E-state index < -0.39 is 0 Å². The molecule has 6 nitrogen and oxygen atoms in total. The van der Waals surface area contributed by atoms with Crippen molar-refractivity contribution in [3.63, 3.8) is 0 Å². The molecule has 0 radical (unpaired) electrons. The number of carbonyl (C=O) groups excluding carboxylic acids is 1. The van der Waals surface area contributed by atoms with Crippen LogP contribution in [-0.4, -0.2) is 27.8 Å². The Bertz CT molecular complexity index is 1150. The molecule has 6 heteroatoms. The number of anilines is 1. The Balaban J connectivity index is 1.38. The van der Waals surface area contributed by atoms with Crippen molar-refractivity contribution >= 4 is 11.6 Å². The molecule has 4 rings (SSSR count). The second kappa shape index (κ2) is 8.53. The first-order valence-electron chi connectivity index (χ1n) is 9.66. The molecule has 0 fully saturated rings. The van der Waals surface area contributed by atoms with Crippen molar-refractivity contribution in [1.82, 2.24) is 15.5 Å². The fourth-order valence-electron chi connectivity index (χ4n) is 3.19. The van der Waals surface area contributed by atoms with Crippen LogP contribution >= 0.6 is 0 Å². The maximum absolute atomic E-state index is 12.4. The molecule has 150 valence electrons. The predicted molar refractivity (Wildman–Crippen MR) is 118 cm³/mol. The van der Waals surface area contributed by atoms with Crippen molar-refractivity contribution in [3.05, 3.63) is 90.0 Å². The number of phenols is 1. The molecule has 0 aliphatic carbocycles. The molecule has 0 saturated heterocycles. The van der Waals surface area contributed by atoms with Crippen LogP contribution in [0.2, 0.25) is 0 Å². The summed E-state index contributed by atoms with van der Waals surface area (Å²) in [5, 5.41) is 19.9. The number of carbonyl (C=O) groups is 1. The molecule has 5 N–H and O–H groups in total. The first-order valence-corrected chi connectivity index (χ1v) is 9.66. The first-order chi connectivity index (χ1) is 14.6. The first kappa shape index (κ1) is 19.3. The highest BCUT2D eigenvalue weighted by atomic mass is 16.3. The topological polar surface area (TPSA) is 104 Å². The van der Waals surface area contributed by atoms with Crippen LogP contribution in [-0.2, 0) is 6.42 Å². The van der Waals surface area contributed by atoms with Crippen molar-refractivity contribution in [2.24, 2.45) is 0 Å². The molecular formula is C24H22N4O2. The van der Waals surface area contributed by atoms with Crippen molar-refractivity contribution in [1.29, 1.82) is 0 Å². The molecule has 0 unspecified atom stereocenters. The Morgan fingerprint density at radius 2 is 1.73 bits per heavy atom. The van der Waals surface area contributed by atoms with Gasteiger partial charge in [0, 0.05) is 23.4 Å². The quantitative estimate of drug-likeness (QED) is 0.369. The fourth-order valence-corrected chi connectivity index (χ4v) is 3.19. The number of nitrogens with zero attached hydrogens (tertiary/aromatic N) is 1. The molecule has 0 bridgehead atoms. The van der Waals surface area contributed by atoms with Gasteiger partial charge in [-0.25, -0.2) is 0 Å². The van der Waals surface area contributed by atoms with Gasteiger partial charge in [0.15, 0.2) is 0 Å². The number of rotatable bonds is 6. The van der Waals surface area contributed by atoms with E-state index in [-0.39, 0.29) is 11.7 Å². The lowest BCUT2D eigenvalue weighted by Gasteiger charge is -2.06. The lowest BCUT2D eigenvalue weighted by molar-refractivity contribution is 0.0954. The van der Waals surface area contributed by atoms with E-state index in [9.17, 15) is 9.90 Å². The number of aromatic amines is 1. The van der Waals surface area contributed by atoms with Gasteiger partial charge in [0.25, 0.3) is 5.91 Å². The van der Waals surface area contributed by atoms with Crippen molar-refractivity contribution in [2.45, 2.75) is 6.42 Å². The number of hydrogen-bond donors (Lipinski definition) is 4. The molecule has 0 aliphatic rings. The van der Waals surface area contributed by atoms with E-state index in [2.05, 4.69) is 15.5 Å². The van der Waals surface area contributed by atoms with Crippen LogP contribution in [0.1, 0.15) is 15.9 Å². The lowest BCUT2D eigenvalue weighted by Crippen LogP contribution is -2.25. The highest BCUT2D eigenvalue weighted by molar-refractivity contribution is 5.94. The standard InChI is InChI=1S/C24H22N4O2/c25-20-10-4-16(5-11-20)12-13-26-24(30)18-8-6-17(7-9-18)22-15-23(28-27-22)19-2-1-3-21(29)14-19/h1-11,14-15,29H,12-13,25H2,(H,26,30)(H,27,28). The third kappa shape index (κ3) is 4.50. The average molecular weight is 398 g/mol. The third-order valence-corrected chi connectivity index (χ3v) is 4.86. The summed E-state index contributed by atoms with van der Waals surface area (Å²) >= 11 is 0. The zero-order valence-electron chi connectivity index (χ0n) is 16.3. The van der Waals surface area contributed by atoms with Gasteiger partial charge in [0.05, 0.1) is 11.4 Å². The van der Waals surface area contributed by atoms with Crippen LogP contribution in [0.3, 0.4) is 0 Å². The van der Waals surface area contributed by atoms with Crippen LogP contribution in [0.25, 0.3) is 22.5 Å². The minimum absolute atomic E-state index is 0.109. The van der Waals surface area contributed by atoms with Crippen LogP contribution in [0, 0.1) is 0 Å². The van der Waals surface area contributed by atoms with Crippen molar-refractivity contribution in [2.75, 3.05) is 12.3 Å². The fraction of sp³-hybridized carbons (Fsp3) is 0.0833. The maximum Gasteiger partial charge on any atom is 0.251 e. The minimum Gasteiger partial charge on any atom is -0.508 e. The number of amides is 1. The molecular weight excluding hydrogens is 376 g/mol. The van der Waals surface area contributed by atoms with Crippen molar-refractivity contribution in [3.8, 4) is 28.3 Å². The summed E-state index contributed by atoms with van der Waals surface area (Å²) in [5.74, 6) is 0.0888. The summed E-state index contributed by atoms with van der Waals surface area (Å²) in [6.45, 7) is 0.554. The second-order valence-electron chi connectivity index (χ2n) is 7.04. The van der Waals surface area contributed by atoms with Crippen LogP contribution in [0.4, 0.5) is 5.69 Å². The zero-order chi connectivity index (χ0) is 20.9. The van der Waals surface area contributed by atoms with Gasteiger partial charge in [-0.2, -0.15) is 5.10 Å². The number of phenolic OH excluding ortho intramolecular Hbond substituents is 1. The number of nitrogen functional groups attached to an aromatic ring is 1. The van der Waals surface area contributed by atoms with E-state index in [1.165, 1.54) is 0 Å². The molecule has 0 atom stereocenters. The Morgan fingerprint density at radius 1 is 0.967 bits per heavy atom. The number of nitrogens with two attached hydrogens (primary N) is 1. The van der Waals surface area contributed by atoms with Gasteiger partial charge >= 0.3 is 0 Å². The summed E-state index contributed by atoms with van der Waals surface area (Å²) in [7, 11) is 0. The number of aromatic hydroxyl groups is 1. The molecule has 0 saturated carbocycles. The minimum atomic E-state index is -0.109. The number of benzene rings is 3. The highest BCUT2D eigenvalue weighted by Crippen LogP contribution is 2.26. The summed E-state index contributed by atoms with van der Waals surface area (Å²) in [6, 6.07) is 23.9. The average Bonchev–Trinajstić information content (AvgIpc) is 3.26. The van der Waals surface area contributed by atoms with E-state index in [1.807, 2.05) is 48.5 Å². The number of H-pyrrole nitrogens is 1. The van der Waals surface area contributed by atoms with Crippen LogP contribution in [0.5, 0.6) is 5.75 Å². The highest BCUT2D eigenvalue weighted by Gasteiger charge is 2.09. The molecule has 0 spiro atoms.